The largest absolute Gasteiger partial charge is 0.497 e. The summed E-state index contributed by atoms with van der Waals surface area (Å²) in [6.45, 7) is 0.894. The van der Waals surface area contributed by atoms with Crippen LogP contribution in [-0.4, -0.2) is 54.2 Å². The van der Waals surface area contributed by atoms with Crippen LogP contribution < -0.4 is 14.8 Å². The van der Waals surface area contributed by atoms with Crippen LogP contribution >= 0.6 is 0 Å². The average molecular weight is 421 g/mol. The molecular formula is C23H23N3O5. The summed E-state index contributed by atoms with van der Waals surface area (Å²) in [6, 6.07) is 8.92. The standard InChI is InChI=1S/C23H23N3O5/c1-29-16-9-15(10-17(11-16)30-2)25-21(27)19-18-3-6-23(31-18)13-26(22(28)20(19)23)12-14-4-7-24-8-5-14/h3-11,18-20H,12-13H2,1-2H3,(H,25,27)/t18?,19?,20?,23-/m1/s1. The van der Waals surface area contributed by atoms with Crippen LogP contribution in [-0.2, 0) is 20.9 Å². The maximum Gasteiger partial charge on any atom is 0.231 e. The molecule has 0 saturated carbocycles. The molecule has 5 rings (SSSR count). The molecule has 3 aliphatic heterocycles. The second-order valence-electron chi connectivity index (χ2n) is 8.04. The monoisotopic (exact) mass is 421 g/mol. The smallest absolute Gasteiger partial charge is 0.231 e. The van der Waals surface area contributed by atoms with Crippen molar-refractivity contribution in [3.05, 3.63) is 60.4 Å². The maximum absolute atomic E-state index is 13.3. The maximum atomic E-state index is 13.3. The lowest BCUT2D eigenvalue weighted by Gasteiger charge is -2.23. The lowest BCUT2D eigenvalue weighted by atomic mass is 9.77. The molecule has 2 amide bonds. The summed E-state index contributed by atoms with van der Waals surface area (Å²) >= 11 is 0. The van der Waals surface area contributed by atoms with Gasteiger partial charge in [0, 0.05) is 42.8 Å². The molecule has 8 nitrogen and oxygen atoms in total. The van der Waals surface area contributed by atoms with Crippen LogP contribution in [0.3, 0.4) is 0 Å². The number of amides is 2. The van der Waals surface area contributed by atoms with Gasteiger partial charge in [0.25, 0.3) is 0 Å². The zero-order valence-electron chi connectivity index (χ0n) is 17.3. The highest BCUT2D eigenvalue weighted by Crippen LogP contribution is 2.52. The summed E-state index contributed by atoms with van der Waals surface area (Å²) in [5.41, 5.74) is 0.784. The number of aromatic nitrogens is 1. The summed E-state index contributed by atoms with van der Waals surface area (Å²) in [5, 5.41) is 2.92. The number of likely N-dealkylation sites (tertiary alicyclic amines) is 1. The minimum Gasteiger partial charge on any atom is -0.497 e. The quantitative estimate of drug-likeness (QED) is 0.718. The van der Waals surface area contributed by atoms with Gasteiger partial charge in [0.2, 0.25) is 11.8 Å². The number of hydrogen-bond acceptors (Lipinski definition) is 6. The third-order valence-electron chi connectivity index (χ3n) is 6.22. The molecule has 1 aromatic heterocycles. The van der Waals surface area contributed by atoms with Crippen molar-refractivity contribution in [2.45, 2.75) is 18.2 Å². The Bertz CT molecular complexity index is 1030. The first-order chi connectivity index (χ1) is 15.0. The zero-order chi connectivity index (χ0) is 21.6. The van der Waals surface area contributed by atoms with E-state index >= 15 is 0 Å². The van der Waals surface area contributed by atoms with E-state index in [9.17, 15) is 9.59 Å². The second-order valence-corrected chi connectivity index (χ2v) is 8.04. The molecule has 0 aliphatic carbocycles. The first-order valence-electron chi connectivity index (χ1n) is 10.1. The van der Waals surface area contributed by atoms with Crippen molar-refractivity contribution in [1.82, 2.24) is 9.88 Å². The number of fused-ring (bicyclic) bond motifs is 1. The molecule has 3 aliphatic rings. The van der Waals surface area contributed by atoms with Gasteiger partial charge in [0.15, 0.2) is 0 Å². The number of hydrogen-bond donors (Lipinski definition) is 1. The summed E-state index contributed by atoms with van der Waals surface area (Å²) in [4.78, 5) is 32.4. The van der Waals surface area contributed by atoms with Crippen LogP contribution in [0.4, 0.5) is 5.69 Å². The summed E-state index contributed by atoms with van der Waals surface area (Å²) < 4.78 is 16.7. The summed E-state index contributed by atoms with van der Waals surface area (Å²) in [6.07, 6.45) is 6.84. The number of nitrogens with zero attached hydrogens (tertiary/aromatic N) is 2. The van der Waals surface area contributed by atoms with Gasteiger partial charge < -0.3 is 24.4 Å². The lowest BCUT2D eigenvalue weighted by molar-refractivity contribution is -0.136. The fourth-order valence-corrected chi connectivity index (χ4v) is 4.83. The Morgan fingerprint density at radius 1 is 1.23 bits per heavy atom. The molecule has 1 spiro atoms. The van der Waals surface area contributed by atoms with Gasteiger partial charge in [-0.3, -0.25) is 14.6 Å². The zero-order valence-corrected chi connectivity index (χ0v) is 17.3. The first-order valence-corrected chi connectivity index (χ1v) is 10.1. The van der Waals surface area contributed by atoms with Crippen molar-refractivity contribution >= 4 is 17.5 Å². The van der Waals surface area contributed by atoms with Crippen molar-refractivity contribution in [2.24, 2.45) is 11.8 Å². The van der Waals surface area contributed by atoms with Gasteiger partial charge in [-0.25, -0.2) is 0 Å². The highest BCUT2D eigenvalue weighted by atomic mass is 16.5. The number of carbonyl (C=O) groups excluding carboxylic acids is 2. The van der Waals surface area contributed by atoms with Gasteiger partial charge in [-0.2, -0.15) is 0 Å². The van der Waals surface area contributed by atoms with E-state index in [0.717, 1.165) is 5.56 Å². The highest BCUT2D eigenvalue weighted by molar-refractivity contribution is 5.99. The van der Waals surface area contributed by atoms with Crippen LogP contribution in [0.25, 0.3) is 0 Å². The molecule has 2 aromatic rings. The first kappa shape index (κ1) is 19.6. The molecule has 2 saturated heterocycles. The van der Waals surface area contributed by atoms with Gasteiger partial charge in [-0.1, -0.05) is 12.2 Å². The number of carbonyl (C=O) groups is 2. The molecular weight excluding hydrogens is 398 g/mol. The topological polar surface area (TPSA) is 90.0 Å². The van der Waals surface area contributed by atoms with Crippen molar-refractivity contribution in [3.63, 3.8) is 0 Å². The van der Waals surface area contributed by atoms with Crippen LogP contribution in [0.15, 0.2) is 54.9 Å². The fourth-order valence-electron chi connectivity index (χ4n) is 4.83. The van der Waals surface area contributed by atoms with Crippen molar-refractivity contribution in [3.8, 4) is 11.5 Å². The third-order valence-corrected chi connectivity index (χ3v) is 6.22. The number of methoxy groups -OCH3 is 2. The van der Waals surface area contributed by atoms with E-state index in [0.29, 0.717) is 30.3 Å². The highest BCUT2D eigenvalue weighted by Gasteiger charge is 2.66. The Morgan fingerprint density at radius 2 is 1.94 bits per heavy atom. The van der Waals surface area contributed by atoms with Crippen molar-refractivity contribution in [2.75, 3.05) is 26.1 Å². The number of pyridine rings is 1. The third kappa shape index (κ3) is 3.23. The predicted molar refractivity (Wildman–Crippen MR) is 112 cm³/mol. The number of rotatable bonds is 6. The van der Waals surface area contributed by atoms with Gasteiger partial charge in [-0.15, -0.1) is 0 Å². The molecule has 1 N–H and O–H groups in total. The van der Waals surface area contributed by atoms with Gasteiger partial charge >= 0.3 is 0 Å². The van der Waals surface area contributed by atoms with Crippen LogP contribution in [0.2, 0.25) is 0 Å². The molecule has 3 unspecified atom stereocenters. The second kappa shape index (κ2) is 7.39. The Morgan fingerprint density at radius 3 is 2.61 bits per heavy atom. The van der Waals surface area contributed by atoms with E-state index in [2.05, 4.69) is 10.3 Å². The van der Waals surface area contributed by atoms with Crippen molar-refractivity contribution in [1.29, 1.82) is 0 Å². The van der Waals surface area contributed by atoms with E-state index in [-0.39, 0.29) is 11.8 Å². The normalized spacial score (nSPS) is 28.0. The van der Waals surface area contributed by atoms with Gasteiger partial charge in [0.05, 0.1) is 38.7 Å². The van der Waals surface area contributed by atoms with Gasteiger partial charge in [-0.05, 0) is 17.7 Å². The lowest BCUT2D eigenvalue weighted by Crippen LogP contribution is -2.41. The van der Waals surface area contributed by atoms with E-state index in [1.807, 2.05) is 24.3 Å². The van der Waals surface area contributed by atoms with E-state index < -0.39 is 23.5 Å². The molecule has 2 fully saturated rings. The molecule has 4 atom stereocenters. The van der Waals surface area contributed by atoms with Gasteiger partial charge in [0.1, 0.15) is 17.1 Å². The summed E-state index contributed by atoms with van der Waals surface area (Å²) in [7, 11) is 3.10. The van der Waals surface area contributed by atoms with E-state index in [1.54, 1.807) is 49.7 Å². The fraction of sp³-hybridized carbons (Fsp3) is 0.348. The predicted octanol–water partition coefficient (Wildman–Crippen LogP) is 2.02. The minimum absolute atomic E-state index is 0.0629. The number of ether oxygens (including phenoxy) is 3. The molecule has 0 radical (unpaired) electrons. The van der Waals surface area contributed by atoms with Crippen LogP contribution in [0, 0.1) is 11.8 Å². The number of nitrogens with one attached hydrogen (secondary N) is 1. The molecule has 1 aromatic carbocycles. The van der Waals surface area contributed by atoms with Crippen molar-refractivity contribution < 1.29 is 23.8 Å². The average Bonchev–Trinajstić information content (AvgIpc) is 3.42. The minimum atomic E-state index is -0.747. The Kier molecular flexibility index (Phi) is 4.66. The molecule has 4 heterocycles. The van der Waals surface area contributed by atoms with E-state index in [4.69, 9.17) is 14.2 Å². The van der Waals surface area contributed by atoms with Crippen LogP contribution in [0.1, 0.15) is 5.56 Å². The summed E-state index contributed by atoms with van der Waals surface area (Å²) in [5.74, 6) is -0.331. The molecule has 2 bridgehead atoms. The molecule has 8 heteroatoms. The number of anilines is 1. The van der Waals surface area contributed by atoms with E-state index in [1.165, 1.54) is 0 Å². The number of benzene rings is 1. The molecule has 160 valence electrons. The Hall–Kier alpha value is -3.39. The SMILES string of the molecule is COc1cc(NC(=O)C2C3C=C[C@]4(CN(Cc5ccncc5)C(=O)C24)O3)cc(OC)c1. The molecule has 31 heavy (non-hydrogen) atoms. The van der Waals surface area contributed by atoms with Crippen LogP contribution in [0.5, 0.6) is 11.5 Å². The Labute approximate surface area is 179 Å². The Balaban J connectivity index is 1.38.